The molecule has 0 saturated carbocycles. The Morgan fingerprint density at radius 3 is 2.11 bits per heavy atom. The lowest BCUT2D eigenvalue weighted by molar-refractivity contribution is 0.275. The molecule has 1 aromatic rings. The Kier molecular flexibility index (Phi) is 5.52. The zero-order valence-corrected chi connectivity index (χ0v) is 12.8. The molecule has 0 saturated heterocycles. The van der Waals surface area contributed by atoms with Gasteiger partial charge < -0.3 is 5.73 Å². The summed E-state index contributed by atoms with van der Waals surface area (Å²) in [7, 11) is -3.45. The normalized spacial score (nSPS) is 12.6. The molecule has 0 aliphatic rings. The smallest absolute Gasteiger partial charge is 0.240 e. The van der Waals surface area contributed by atoms with Gasteiger partial charge in [-0.2, -0.15) is 0 Å². The summed E-state index contributed by atoms with van der Waals surface area (Å²) in [6.45, 7) is 6.87. The van der Waals surface area contributed by atoms with Gasteiger partial charge in [-0.05, 0) is 43.9 Å². The third kappa shape index (κ3) is 4.03. The fourth-order valence-corrected chi connectivity index (χ4v) is 3.07. The van der Waals surface area contributed by atoms with Gasteiger partial charge in [-0.1, -0.05) is 31.5 Å². The first-order valence-electron chi connectivity index (χ1n) is 6.65. The van der Waals surface area contributed by atoms with Crippen molar-refractivity contribution in [3.63, 3.8) is 0 Å². The zero-order valence-electron chi connectivity index (χ0n) is 11.9. The molecule has 4 nitrogen and oxygen atoms in total. The highest BCUT2D eigenvalue weighted by atomic mass is 32.2. The second-order valence-electron chi connectivity index (χ2n) is 5.05. The largest absolute Gasteiger partial charge is 0.330 e. The van der Waals surface area contributed by atoms with Gasteiger partial charge in [0.15, 0.2) is 0 Å². The Bertz CT molecular complexity index is 482. The van der Waals surface area contributed by atoms with E-state index in [9.17, 15) is 8.42 Å². The predicted molar refractivity (Wildman–Crippen MR) is 78.4 cm³/mol. The first-order valence-corrected chi connectivity index (χ1v) is 8.14. The fraction of sp³-hybridized carbons (Fsp3) is 0.571. The van der Waals surface area contributed by atoms with E-state index in [1.165, 1.54) is 0 Å². The highest BCUT2D eigenvalue weighted by Crippen LogP contribution is 2.24. The lowest BCUT2D eigenvalue weighted by Gasteiger charge is -2.30. The van der Waals surface area contributed by atoms with Crippen LogP contribution in [0, 0.1) is 12.3 Å². The van der Waals surface area contributed by atoms with Crippen LogP contribution in [-0.2, 0) is 10.0 Å². The van der Waals surface area contributed by atoms with E-state index in [-0.39, 0.29) is 5.41 Å². The molecule has 0 atom stereocenters. The summed E-state index contributed by atoms with van der Waals surface area (Å²) in [6.07, 6.45) is 1.72. The van der Waals surface area contributed by atoms with Gasteiger partial charge in [-0.15, -0.1) is 0 Å². The number of aryl methyl sites for hydroxylation is 1. The molecule has 0 heterocycles. The molecule has 0 bridgehead atoms. The number of hydrogen-bond acceptors (Lipinski definition) is 3. The van der Waals surface area contributed by atoms with Gasteiger partial charge in [0.05, 0.1) is 4.90 Å². The second-order valence-corrected chi connectivity index (χ2v) is 6.82. The van der Waals surface area contributed by atoms with Crippen molar-refractivity contribution < 1.29 is 8.42 Å². The molecule has 1 rings (SSSR count). The minimum Gasteiger partial charge on any atom is -0.330 e. The maximum absolute atomic E-state index is 12.2. The van der Waals surface area contributed by atoms with E-state index in [0.717, 1.165) is 18.4 Å². The van der Waals surface area contributed by atoms with Crippen LogP contribution in [0.1, 0.15) is 32.3 Å². The first-order chi connectivity index (χ1) is 8.89. The van der Waals surface area contributed by atoms with Crippen molar-refractivity contribution in [2.45, 2.75) is 38.5 Å². The monoisotopic (exact) mass is 284 g/mol. The van der Waals surface area contributed by atoms with Gasteiger partial charge in [-0.3, -0.25) is 0 Å². The average Bonchev–Trinajstić information content (AvgIpc) is 2.41. The summed E-state index contributed by atoms with van der Waals surface area (Å²) in [5, 5.41) is 0. The maximum atomic E-state index is 12.2. The van der Waals surface area contributed by atoms with E-state index in [0.29, 0.717) is 18.0 Å². The van der Waals surface area contributed by atoms with E-state index < -0.39 is 10.0 Å². The van der Waals surface area contributed by atoms with Crippen LogP contribution in [-0.4, -0.2) is 21.5 Å². The first kappa shape index (κ1) is 16.1. The molecule has 5 heteroatoms. The van der Waals surface area contributed by atoms with E-state index in [1.807, 2.05) is 20.8 Å². The molecule has 0 spiro atoms. The van der Waals surface area contributed by atoms with E-state index in [4.69, 9.17) is 5.73 Å². The minimum absolute atomic E-state index is 0.155. The van der Waals surface area contributed by atoms with Crippen molar-refractivity contribution in [1.82, 2.24) is 4.72 Å². The number of nitrogens with one attached hydrogen (secondary N) is 1. The molecule has 0 aliphatic carbocycles. The average molecular weight is 284 g/mol. The number of rotatable bonds is 7. The molecular formula is C14H24N2O2S. The second kappa shape index (κ2) is 6.50. The van der Waals surface area contributed by atoms with Crippen molar-refractivity contribution in [2.24, 2.45) is 11.1 Å². The molecule has 1 aromatic carbocycles. The summed E-state index contributed by atoms with van der Waals surface area (Å²) in [6, 6.07) is 6.84. The highest BCUT2D eigenvalue weighted by Gasteiger charge is 2.26. The van der Waals surface area contributed by atoms with Crippen molar-refractivity contribution in [1.29, 1.82) is 0 Å². The van der Waals surface area contributed by atoms with Crippen molar-refractivity contribution >= 4 is 10.0 Å². The summed E-state index contributed by atoms with van der Waals surface area (Å²) < 4.78 is 27.1. The van der Waals surface area contributed by atoms with Crippen molar-refractivity contribution in [3.8, 4) is 0 Å². The van der Waals surface area contributed by atoms with Gasteiger partial charge in [0.25, 0.3) is 0 Å². The van der Waals surface area contributed by atoms with E-state index >= 15 is 0 Å². The van der Waals surface area contributed by atoms with Gasteiger partial charge in [0.1, 0.15) is 0 Å². The predicted octanol–water partition coefficient (Wildman–Crippen LogP) is 2.04. The molecule has 0 radical (unpaired) electrons. The number of hydrogen-bond donors (Lipinski definition) is 2. The Balaban J connectivity index is 2.83. The lowest BCUT2D eigenvalue weighted by Crippen LogP contribution is -2.41. The summed E-state index contributed by atoms with van der Waals surface area (Å²) in [5.41, 5.74) is 6.67. The Morgan fingerprint density at radius 1 is 1.16 bits per heavy atom. The molecule has 0 aliphatic heterocycles. The molecule has 0 amide bonds. The topological polar surface area (TPSA) is 72.2 Å². The van der Waals surface area contributed by atoms with Gasteiger partial charge >= 0.3 is 0 Å². The minimum atomic E-state index is -3.45. The Morgan fingerprint density at radius 2 is 1.68 bits per heavy atom. The molecule has 108 valence electrons. The molecular weight excluding hydrogens is 260 g/mol. The van der Waals surface area contributed by atoms with Crippen LogP contribution < -0.4 is 10.5 Å². The maximum Gasteiger partial charge on any atom is 0.240 e. The van der Waals surface area contributed by atoms with Gasteiger partial charge in [0, 0.05) is 6.54 Å². The standard InChI is InChI=1S/C14H24N2O2S/c1-4-14(5-2,10-15)11-16-19(17,18)13-8-6-12(3)7-9-13/h6-9,16H,4-5,10-11,15H2,1-3H3. The van der Waals surface area contributed by atoms with Crippen LogP contribution in [0.3, 0.4) is 0 Å². The van der Waals surface area contributed by atoms with Gasteiger partial charge in [-0.25, -0.2) is 13.1 Å². The quantitative estimate of drug-likeness (QED) is 0.805. The molecule has 0 fully saturated rings. The number of sulfonamides is 1. The summed E-state index contributed by atoms with van der Waals surface area (Å²) in [4.78, 5) is 0.302. The van der Waals surface area contributed by atoms with Crippen LogP contribution in [0.5, 0.6) is 0 Å². The van der Waals surface area contributed by atoms with Crippen molar-refractivity contribution in [2.75, 3.05) is 13.1 Å². The van der Waals surface area contributed by atoms with Crippen LogP contribution >= 0.6 is 0 Å². The van der Waals surface area contributed by atoms with Crippen LogP contribution in [0.25, 0.3) is 0 Å². The fourth-order valence-electron chi connectivity index (χ4n) is 1.91. The van der Waals surface area contributed by atoms with Crippen LogP contribution in [0.2, 0.25) is 0 Å². The summed E-state index contributed by atoms with van der Waals surface area (Å²) in [5.74, 6) is 0. The molecule has 3 N–H and O–H groups in total. The molecule has 0 unspecified atom stereocenters. The highest BCUT2D eigenvalue weighted by molar-refractivity contribution is 7.89. The molecule has 19 heavy (non-hydrogen) atoms. The van der Waals surface area contributed by atoms with Crippen LogP contribution in [0.15, 0.2) is 29.2 Å². The van der Waals surface area contributed by atoms with Crippen LogP contribution in [0.4, 0.5) is 0 Å². The SMILES string of the molecule is CCC(CC)(CN)CNS(=O)(=O)c1ccc(C)cc1. The van der Waals surface area contributed by atoms with Gasteiger partial charge in [0.2, 0.25) is 10.0 Å². The van der Waals surface area contributed by atoms with E-state index in [1.54, 1.807) is 24.3 Å². The Hall–Kier alpha value is -0.910. The van der Waals surface area contributed by atoms with E-state index in [2.05, 4.69) is 4.72 Å². The number of nitrogens with two attached hydrogens (primary N) is 1. The molecule has 0 aromatic heterocycles. The zero-order chi connectivity index (χ0) is 14.5. The number of benzene rings is 1. The van der Waals surface area contributed by atoms with Crippen molar-refractivity contribution in [3.05, 3.63) is 29.8 Å². The third-order valence-electron chi connectivity index (χ3n) is 3.90. The lowest BCUT2D eigenvalue weighted by atomic mass is 9.83. The summed E-state index contributed by atoms with van der Waals surface area (Å²) >= 11 is 0. The Labute approximate surface area is 116 Å². The third-order valence-corrected chi connectivity index (χ3v) is 5.32.